The van der Waals surface area contributed by atoms with Crippen molar-refractivity contribution >= 4 is 0 Å². The predicted octanol–water partition coefficient (Wildman–Crippen LogP) is 1.68. The van der Waals surface area contributed by atoms with Crippen molar-refractivity contribution < 1.29 is 0 Å². The molecule has 2 heterocycles. The van der Waals surface area contributed by atoms with Gasteiger partial charge < -0.3 is 10.6 Å². The monoisotopic (exact) mass is 251 g/mol. The van der Waals surface area contributed by atoms with Crippen LogP contribution < -0.4 is 5.73 Å². The van der Waals surface area contributed by atoms with E-state index in [0.29, 0.717) is 5.41 Å². The molecule has 0 radical (unpaired) electrons. The van der Waals surface area contributed by atoms with Crippen molar-refractivity contribution in [2.75, 3.05) is 39.3 Å². The largest absolute Gasteiger partial charge is 0.330 e. The molecule has 3 rings (SSSR count). The summed E-state index contributed by atoms with van der Waals surface area (Å²) in [5.74, 6) is 0. The van der Waals surface area contributed by atoms with Gasteiger partial charge in [0, 0.05) is 19.1 Å². The molecule has 3 nitrogen and oxygen atoms in total. The van der Waals surface area contributed by atoms with Crippen molar-refractivity contribution in [3.05, 3.63) is 0 Å². The van der Waals surface area contributed by atoms with Gasteiger partial charge in [0.05, 0.1) is 0 Å². The molecule has 18 heavy (non-hydrogen) atoms. The molecule has 1 saturated carbocycles. The maximum absolute atomic E-state index is 6.07. The minimum absolute atomic E-state index is 0.472. The van der Waals surface area contributed by atoms with E-state index in [4.69, 9.17) is 5.73 Å². The summed E-state index contributed by atoms with van der Waals surface area (Å²) in [6.45, 7) is 7.48. The summed E-state index contributed by atoms with van der Waals surface area (Å²) < 4.78 is 0. The van der Waals surface area contributed by atoms with Crippen LogP contribution in [0.1, 0.15) is 44.9 Å². The summed E-state index contributed by atoms with van der Waals surface area (Å²) in [5, 5.41) is 0. The Kier molecular flexibility index (Phi) is 3.92. The Balaban J connectivity index is 1.52. The van der Waals surface area contributed by atoms with Crippen molar-refractivity contribution in [2.24, 2.45) is 11.1 Å². The fraction of sp³-hybridized carbons (Fsp3) is 1.00. The van der Waals surface area contributed by atoms with Gasteiger partial charge in [-0.15, -0.1) is 0 Å². The first-order valence-electron chi connectivity index (χ1n) is 7.98. The maximum Gasteiger partial charge on any atom is 0.0235 e. The lowest BCUT2D eigenvalue weighted by atomic mass is 9.86. The van der Waals surface area contributed by atoms with Crippen LogP contribution in [-0.4, -0.2) is 55.1 Å². The highest BCUT2D eigenvalue weighted by molar-refractivity contribution is 4.92. The summed E-state index contributed by atoms with van der Waals surface area (Å²) >= 11 is 0. The summed E-state index contributed by atoms with van der Waals surface area (Å²) in [6, 6.07) is 0.851. The second-order valence-electron chi connectivity index (χ2n) is 6.83. The van der Waals surface area contributed by atoms with Crippen molar-refractivity contribution in [3.8, 4) is 0 Å². The Bertz CT molecular complexity index is 267. The van der Waals surface area contributed by atoms with Gasteiger partial charge in [-0.25, -0.2) is 0 Å². The quantitative estimate of drug-likeness (QED) is 0.825. The minimum atomic E-state index is 0.472. The molecule has 0 amide bonds. The molecule has 1 atom stereocenters. The second kappa shape index (κ2) is 5.48. The highest BCUT2D eigenvalue weighted by Crippen LogP contribution is 2.38. The molecule has 2 saturated heterocycles. The van der Waals surface area contributed by atoms with Gasteiger partial charge in [-0.05, 0) is 63.7 Å². The van der Waals surface area contributed by atoms with Gasteiger partial charge in [-0.2, -0.15) is 0 Å². The van der Waals surface area contributed by atoms with Crippen molar-refractivity contribution in [1.82, 2.24) is 9.80 Å². The normalized spacial score (nSPS) is 33.5. The van der Waals surface area contributed by atoms with Crippen molar-refractivity contribution in [3.63, 3.8) is 0 Å². The minimum Gasteiger partial charge on any atom is -0.330 e. The average molecular weight is 251 g/mol. The van der Waals surface area contributed by atoms with Crippen LogP contribution in [-0.2, 0) is 0 Å². The van der Waals surface area contributed by atoms with Crippen LogP contribution >= 0.6 is 0 Å². The Hall–Kier alpha value is -0.120. The van der Waals surface area contributed by atoms with E-state index in [1.807, 2.05) is 0 Å². The molecule has 3 heteroatoms. The lowest BCUT2D eigenvalue weighted by Crippen LogP contribution is -2.42. The molecular formula is C15H29N3. The topological polar surface area (TPSA) is 32.5 Å². The first-order chi connectivity index (χ1) is 8.81. The van der Waals surface area contributed by atoms with E-state index in [0.717, 1.165) is 12.6 Å². The molecule has 104 valence electrons. The van der Waals surface area contributed by atoms with Crippen LogP contribution in [0, 0.1) is 5.41 Å². The zero-order valence-corrected chi connectivity index (χ0v) is 11.7. The standard InChI is InChI=1S/C15H29N3/c16-12-15(6-1-2-7-15)13-17-10-5-14(11-17)18-8-3-4-9-18/h14H,1-13,16H2. The number of hydrogen-bond acceptors (Lipinski definition) is 3. The molecule has 0 bridgehead atoms. The third-order valence-corrected chi connectivity index (χ3v) is 5.56. The molecule has 3 aliphatic rings. The van der Waals surface area contributed by atoms with E-state index in [-0.39, 0.29) is 0 Å². The van der Waals surface area contributed by atoms with Gasteiger partial charge in [-0.3, -0.25) is 4.90 Å². The lowest BCUT2D eigenvalue weighted by molar-refractivity contribution is 0.167. The fourth-order valence-electron chi connectivity index (χ4n) is 4.39. The number of rotatable bonds is 4. The van der Waals surface area contributed by atoms with Crippen molar-refractivity contribution in [2.45, 2.75) is 51.0 Å². The summed E-state index contributed by atoms with van der Waals surface area (Å²) in [6.07, 6.45) is 9.77. The van der Waals surface area contributed by atoms with Gasteiger partial charge in [0.1, 0.15) is 0 Å². The van der Waals surface area contributed by atoms with Gasteiger partial charge in [0.25, 0.3) is 0 Å². The van der Waals surface area contributed by atoms with Gasteiger partial charge in [-0.1, -0.05) is 12.8 Å². The van der Waals surface area contributed by atoms with Crippen LogP contribution in [0.5, 0.6) is 0 Å². The van der Waals surface area contributed by atoms with E-state index >= 15 is 0 Å². The van der Waals surface area contributed by atoms with E-state index in [1.165, 1.54) is 77.7 Å². The second-order valence-corrected chi connectivity index (χ2v) is 6.83. The third-order valence-electron chi connectivity index (χ3n) is 5.56. The average Bonchev–Trinajstić information content (AvgIpc) is 3.10. The molecule has 0 aromatic rings. The molecule has 2 aliphatic heterocycles. The van der Waals surface area contributed by atoms with E-state index < -0.39 is 0 Å². The van der Waals surface area contributed by atoms with Crippen LogP contribution in [0.15, 0.2) is 0 Å². The number of hydrogen-bond donors (Lipinski definition) is 1. The van der Waals surface area contributed by atoms with E-state index in [1.54, 1.807) is 0 Å². The SMILES string of the molecule is NCC1(CN2CCC(N3CCCC3)C2)CCCC1. The third kappa shape index (κ3) is 2.59. The molecule has 2 N–H and O–H groups in total. The Morgan fingerprint density at radius 1 is 1.00 bits per heavy atom. The van der Waals surface area contributed by atoms with Crippen LogP contribution in [0.25, 0.3) is 0 Å². The Morgan fingerprint density at radius 3 is 2.39 bits per heavy atom. The molecule has 1 unspecified atom stereocenters. The molecule has 1 aliphatic carbocycles. The van der Waals surface area contributed by atoms with Gasteiger partial charge in [0.15, 0.2) is 0 Å². The number of nitrogens with two attached hydrogens (primary N) is 1. The summed E-state index contributed by atoms with van der Waals surface area (Å²) in [7, 11) is 0. The lowest BCUT2D eigenvalue weighted by Gasteiger charge is -2.33. The molecular weight excluding hydrogens is 222 g/mol. The zero-order valence-electron chi connectivity index (χ0n) is 11.7. The number of likely N-dealkylation sites (tertiary alicyclic amines) is 2. The highest BCUT2D eigenvalue weighted by Gasteiger charge is 2.37. The Labute approximate surface area is 112 Å². The molecule has 0 aromatic carbocycles. The van der Waals surface area contributed by atoms with E-state index in [9.17, 15) is 0 Å². The summed E-state index contributed by atoms with van der Waals surface area (Å²) in [4.78, 5) is 5.44. The van der Waals surface area contributed by atoms with Crippen LogP contribution in [0.3, 0.4) is 0 Å². The summed E-state index contributed by atoms with van der Waals surface area (Å²) in [5.41, 5.74) is 6.54. The molecule has 0 spiro atoms. The van der Waals surface area contributed by atoms with E-state index in [2.05, 4.69) is 9.80 Å². The first kappa shape index (κ1) is 12.9. The van der Waals surface area contributed by atoms with Crippen LogP contribution in [0.2, 0.25) is 0 Å². The first-order valence-corrected chi connectivity index (χ1v) is 7.98. The molecule has 3 fully saturated rings. The zero-order chi connectivity index (χ0) is 12.4. The Morgan fingerprint density at radius 2 is 1.72 bits per heavy atom. The highest BCUT2D eigenvalue weighted by atomic mass is 15.3. The van der Waals surface area contributed by atoms with Crippen molar-refractivity contribution in [1.29, 1.82) is 0 Å². The van der Waals surface area contributed by atoms with Gasteiger partial charge >= 0.3 is 0 Å². The van der Waals surface area contributed by atoms with Crippen LogP contribution in [0.4, 0.5) is 0 Å². The fourth-order valence-corrected chi connectivity index (χ4v) is 4.39. The molecule has 0 aromatic heterocycles. The maximum atomic E-state index is 6.07. The number of nitrogens with zero attached hydrogens (tertiary/aromatic N) is 2. The predicted molar refractivity (Wildman–Crippen MR) is 75.6 cm³/mol. The smallest absolute Gasteiger partial charge is 0.0235 e. The van der Waals surface area contributed by atoms with Gasteiger partial charge in [0.2, 0.25) is 0 Å².